The average molecular weight is 594 g/mol. The van der Waals surface area contributed by atoms with Crippen LogP contribution in [0.15, 0.2) is 79.9 Å². The molecular formula is C32H36ClN3O4S. The molecule has 2 aromatic rings. The molecule has 3 aliphatic heterocycles. The first kappa shape index (κ1) is 29.4. The van der Waals surface area contributed by atoms with Gasteiger partial charge in [-0.3, -0.25) is 14.4 Å². The van der Waals surface area contributed by atoms with Crippen LogP contribution in [-0.2, 0) is 14.4 Å². The van der Waals surface area contributed by atoms with E-state index in [0.29, 0.717) is 30.1 Å². The van der Waals surface area contributed by atoms with Gasteiger partial charge < -0.3 is 19.8 Å². The van der Waals surface area contributed by atoms with Crippen molar-refractivity contribution in [2.45, 2.75) is 41.3 Å². The van der Waals surface area contributed by atoms with Crippen molar-refractivity contribution >= 4 is 46.8 Å². The maximum Gasteiger partial charge on any atom is 0.251 e. The molecule has 3 saturated heterocycles. The molecule has 6 atom stereocenters. The van der Waals surface area contributed by atoms with Crippen molar-refractivity contribution in [3.63, 3.8) is 0 Å². The number of fused-ring (bicyclic) bond motifs is 1. The number of thioether (sulfide) groups is 1. The predicted octanol–water partition coefficient (Wildman–Crippen LogP) is 4.72. The van der Waals surface area contributed by atoms with Gasteiger partial charge in [-0.05, 0) is 49.6 Å². The second-order valence-corrected chi connectivity index (χ2v) is 13.6. The standard InChI is InChI=1S/C32H36ClN3O4S/c1-5-18-34(4)28(38)25-26-29(39)36(24(20-37)21-10-8-7-9-11-21)27(32(26)17-16-31(25,3)41-32)30(40)35(19-6-2)23-14-12-22(33)13-15-23/h5-15,24-27,37H,1-2,16-20H2,3-4H3/t24-,25+,26+,27?,31-,32?/m1/s1. The molecule has 3 aliphatic rings. The van der Waals surface area contributed by atoms with Crippen LogP contribution in [-0.4, -0.2) is 74.9 Å². The number of likely N-dealkylation sites (tertiary alicyclic amines) is 1. The number of halogens is 1. The quantitative estimate of drug-likeness (QED) is 0.403. The summed E-state index contributed by atoms with van der Waals surface area (Å²) in [6, 6.07) is 14.6. The summed E-state index contributed by atoms with van der Waals surface area (Å²) < 4.78 is -1.32. The van der Waals surface area contributed by atoms with Crippen molar-refractivity contribution in [2.24, 2.45) is 11.8 Å². The fourth-order valence-electron chi connectivity index (χ4n) is 7.13. The molecule has 0 aromatic heterocycles. The number of hydrogen-bond donors (Lipinski definition) is 1. The zero-order chi connectivity index (χ0) is 29.5. The minimum absolute atomic E-state index is 0.117. The summed E-state index contributed by atoms with van der Waals surface area (Å²) in [6.45, 7) is 9.93. The van der Waals surface area contributed by atoms with Crippen molar-refractivity contribution in [1.29, 1.82) is 0 Å². The molecule has 0 aliphatic carbocycles. The topological polar surface area (TPSA) is 81.2 Å². The molecule has 7 nitrogen and oxygen atoms in total. The maximum atomic E-state index is 14.8. The van der Waals surface area contributed by atoms with Crippen molar-refractivity contribution in [1.82, 2.24) is 9.80 Å². The summed E-state index contributed by atoms with van der Waals surface area (Å²) in [4.78, 5) is 48.2. The van der Waals surface area contributed by atoms with Crippen LogP contribution < -0.4 is 4.90 Å². The molecule has 9 heteroatoms. The minimum atomic E-state index is -0.901. The summed E-state index contributed by atoms with van der Waals surface area (Å²) in [5.74, 6) is -1.94. The smallest absolute Gasteiger partial charge is 0.251 e. The van der Waals surface area contributed by atoms with Crippen LogP contribution in [0, 0.1) is 11.8 Å². The van der Waals surface area contributed by atoms with Crippen molar-refractivity contribution in [3.8, 4) is 0 Å². The number of carbonyl (C=O) groups is 3. The molecule has 3 fully saturated rings. The number of hydrogen-bond acceptors (Lipinski definition) is 5. The Morgan fingerprint density at radius 3 is 2.37 bits per heavy atom. The highest BCUT2D eigenvalue weighted by Crippen LogP contribution is 2.72. The predicted molar refractivity (Wildman–Crippen MR) is 164 cm³/mol. The van der Waals surface area contributed by atoms with E-state index in [1.54, 1.807) is 69.9 Å². The Morgan fingerprint density at radius 2 is 1.76 bits per heavy atom. The summed E-state index contributed by atoms with van der Waals surface area (Å²) >= 11 is 7.77. The van der Waals surface area contributed by atoms with E-state index < -0.39 is 33.4 Å². The van der Waals surface area contributed by atoms with Crippen LogP contribution >= 0.6 is 23.4 Å². The number of anilines is 1. The van der Waals surface area contributed by atoms with Crippen LogP contribution in [0.2, 0.25) is 5.02 Å². The fraction of sp³-hybridized carbons (Fsp3) is 0.406. The van der Waals surface area contributed by atoms with Gasteiger partial charge in [0.1, 0.15) is 6.04 Å². The van der Waals surface area contributed by atoms with Gasteiger partial charge in [-0.25, -0.2) is 0 Å². The second kappa shape index (κ2) is 11.3. The van der Waals surface area contributed by atoms with E-state index in [-0.39, 0.29) is 30.9 Å². The molecule has 5 rings (SSSR count). The Morgan fingerprint density at radius 1 is 1.10 bits per heavy atom. The van der Waals surface area contributed by atoms with Crippen LogP contribution in [0.3, 0.4) is 0 Å². The monoisotopic (exact) mass is 593 g/mol. The first-order valence-electron chi connectivity index (χ1n) is 13.9. The lowest BCUT2D eigenvalue weighted by molar-refractivity contribution is -0.146. The molecule has 3 amide bonds. The van der Waals surface area contributed by atoms with Gasteiger partial charge in [0.05, 0.1) is 29.2 Å². The lowest BCUT2D eigenvalue weighted by Gasteiger charge is -2.39. The molecule has 2 bridgehead atoms. The number of amides is 3. The third kappa shape index (κ3) is 4.70. The van der Waals surface area contributed by atoms with E-state index in [1.165, 1.54) is 0 Å². The number of likely N-dealkylation sites (N-methyl/N-ethyl adjacent to an activating group) is 1. The van der Waals surface area contributed by atoms with E-state index in [4.69, 9.17) is 11.6 Å². The van der Waals surface area contributed by atoms with Crippen molar-refractivity contribution in [3.05, 3.63) is 90.5 Å². The molecule has 1 spiro atoms. The number of rotatable bonds is 10. The molecule has 2 aromatic carbocycles. The van der Waals surface area contributed by atoms with Gasteiger partial charge in [-0.1, -0.05) is 54.1 Å². The maximum absolute atomic E-state index is 14.8. The molecule has 2 unspecified atom stereocenters. The molecular weight excluding hydrogens is 558 g/mol. The SMILES string of the molecule is C=CCN(C)C(=O)[C@@H]1[C@H]2C(=O)N([C@H](CO)c3ccccc3)C(C(=O)N(CC=C)c3ccc(Cl)cc3)C23CC[C@@]1(C)S3. The molecule has 3 heterocycles. The first-order valence-corrected chi connectivity index (χ1v) is 15.0. The van der Waals surface area contributed by atoms with Gasteiger partial charge in [0, 0.05) is 35.6 Å². The Bertz CT molecular complexity index is 1350. The highest BCUT2D eigenvalue weighted by Gasteiger charge is 2.78. The van der Waals surface area contributed by atoms with Crippen LogP contribution in [0.4, 0.5) is 5.69 Å². The van der Waals surface area contributed by atoms with Gasteiger partial charge >= 0.3 is 0 Å². The number of nitrogens with zero attached hydrogens (tertiary/aromatic N) is 3. The third-order valence-corrected chi connectivity index (χ3v) is 11.1. The van der Waals surface area contributed by atoms with Gasteiger partial charge in [0.15, 0.2) is 0 Å². The molecule has 0 saturated carbocycles. The molecule has 41 heavy (non-hydrogen) atoms. The van der Waals surface area contributed by atoms with Crippen LogP contribution in [0.25, 0.3) is 0 Å². The Labute approximate surface area is 250 Å². The summed E-state index contributed by atoms with van der Waals surface area (Å²) in [5.41, 5.74) is 1.37. The zero-order valence-corrected chi connectivity index (χ0v) is 25.0. The minimum Gasteiger partial charge on any atom is -0.394 e. The van der Waals surface area contributed by atoms with Gasteiger partial charge in [0.25, 0.3) is 5.91 Å². The largest absolute Gasteiger partial charge is 0.394 e. The van der Waals surface area contributed by atoms with Crippen molar-refractivity contribution in [2.75, 3.05) is 31.6 Å². The third-order valence-electron chi connectivity index (χ3n) is 8.90. The normalized spacial score (nSPS) is 28.7. The zero-order valence-electron chi connectivity index (χ0n) is 23.4. The van der Waals surface area contributed by atoms with Gasteiger partial charge in [-0.2, -0.15) is 0 Å². The van der Waals surface area contributed by atoms with E-state index in [9.17, 15) is 19.5 Å². The molecule has 0 radical (unpaired) electrons. The lowest BCUT2D eigenvalue weighted by Crippen LogP contribution is -2.56. The van der Waals surface area contributed by atoms with Gasteiger partial charge in [-0.15, -0.1) is 24.9 Å². The van der Waals surface area contributed by atoms with Crippen LogP contribution in [0.1, 0.15) is 31.4 Å². The summed E-state index contributed by atoms with van der Waals surface area (Å²) in [6.07, 6.45) is 4.64. The fourth-order valence-corrected chi connectivity index (χ4v) is 9.58. The average Bonchev–Trinajstić information content (AvgIpc) is 3.54. The Balaban J connectivity index is 1.67. The van der Waals surface area contributed by atoms with E-state index in [0.717, 1.165) is 5.56 Å². The highest BCUT2D eigenvalue weighted by atomic mass is 35.5. The van der Waals surface area contributed by atoms with E-state index in [1.807, 2.05) is 30.3 Å². The van der Waals surface area contributed by atoms with Gasteiger partial charge in [0.2, 0.25) is 11.8 Å². The summed E-state index contributed by atoms with van der Waals surface area (Å²) in [5, 5.41) is 11.3. The number of aliphatic hydroxyl groups is 1. The molecule has 216 valence electrons. The van der Waals surface area contributed by atoms with Crippen molar-refractivity contribution < 1.29 is 19.5 Å². The van der Waals surface area contributed by atoms with E-state index in [2.05, 4.69) is 20.1 Å². The first-order chi connectivity index (χ1) is 19.6. The molecule has 1 N–H and O–H groups in total. The number of carbonyl (C=O) groups excluding carboxylic acids is 3. The number of aliphatic hydroxyl groups excluding tert-OH is 1. The highest BCUT2D eigenvalue weighted by molar-refractivity contribution is 8.02. The second-order valence-electron chi connectivity index (χ2n) is 11.3. The lowest BCUT2D eigenvalue weighted by atomic mass is 9.66. The van der Waals surface area contributed by atoms with Crippen LogP contribution in [0.5, 0.6) is 0 Å². The Kier molecular flexibility index (Phi) is 8.12. The summed E-state index contributed by atoms with van der Waals surface area (Å²) in [7, 11) is 1.73. The van der Waals surface area contributed by atoms with E-state index >= 15 is 0 Å². The number of benzene rings is 2. The Hall–Kier alpha value is -3.07.